The van der Waals surface area contributed by atoms with Gasteiger partial charge >= 0.3 is 11.9 Å². The highest BCUT2D eigenvalue weighted by molar-refractivity contribution is 6.18. The minimum Gasteiger partial charge on any atom is -0.481 e. The zero-order valence-electron chi connectivity index (χ0n) is 19.1. The van der Waals surface area contributed by atoms with Gasteiger partial charge in [0.1, 0.15) is 13.0 Å². The van der Waals surface area contributed by atoms with Gasteiger partial charge in [0.2, 0.25) is 0 Å². The molecule has 4 aliphatic rings. The van der Waals surface area contributed by atoms with E-state index in [9.17, 15) is 19.2 Å². The number of carbonyl (C=O) groups is 4. The summed E-state index contributed by atoms with van der Waals surface area (Å²) in [5, 5.41) is 8.65. The van der Waals surface area contributed by atoms with Crippen molar-refractivity contribution in [3.05, 3.63) is 23.8 Å². The van der Waals surface area contributed by atoms with Crippen molar-refractivity contribution in [3.8, 4) is 0 Å². The lowest BCUT2D eigenvalue weighted by atomic mass is 9.46. The van der Waals surface area contributed by atoms with Gasteiger partial charge in [-0.25, -0.2) is 0 Å². The first kappa shape index (κ1) is 22.9. The number of esters is 1. The van der Waals surface area contributed by atoms with Crippen molar-refractivity contribution in [2.75, 3.05) is 6.61 Å². The number of ether oxygens (including phenoxy) is 2. The molecule has 1 heterocycles. The van der Waals surface area contributed by atoms with Crippen molar-refractivity contribution in [3.63, 3.8) is 0 Å². The number of carbonyl (C=O) groups excluding carboxylic acids is 3. The lowest BCUT2D eigenvalue weighted by Gasteiger charge is -2.58. The number of hydrogen-bond acceptors (Lipinski definition) is 6. The second kappa shape index (κ2) is 7.65. The van der Waals surface area contributed by atoms with Crippen LogP contribution in [0.3, 0.4) is 0 Å². The highest BCUT2D eigenvalue weighted by atomic mass is 16.6. The molecule has 0 amide bonds. The van der Waals surface area contributed by atoms with E-state index in [-0.39, 0.29) is 33.9 Å². The van der Waals surface area contributed by atoms with E-state index in [1.54, 1.807) is 0 Å². The molecule has 2 saturated carbocycles. The second-order valence-corrected chi connectivity index (χ2v) is 10.9. The van der Waals surface area contributed by atoms with Gasteiger partial charge < -0.3 is 14.6 Å². The SMILES string of the molecule is C=C1CC[C@H]2C(C)(C)CCC[C@]2(C)[C@H]1C[C@@]12O[C@H]1C(=O)C(COC(=O)CC(=O)O)=CC2=O. The molecular weight excluding hydrogens is 412 g/mol. The third-order valence-electron chi connectivity index (χ3n) is 8.48. The predicted octanol–water partition coefficient (Wildman–Crippen LogP) is 3.41. The number of aliphatic carboxylic acids is 1. The van der Waals surface area contributed by atoms with Gasteiger partial charge in [0.15, 0.2) is 23.3 Å². The fourth-order valence-corrected chi connectivity index (χ4v) is 6.80. The lowest BCUT2D eigenvalue weighted by Crippen LogP contribution is -2.51. The zero-order valence-corrected chi connectivity index (χ0v) is 19.1. The number of rotatable bonds is 6. The number of hydrogen-bond donors (Lipinski definition) is 1. The van der Waals surface area contributed by atoms with E-state index in [1.807, 2.05) is 0 Å². The van der Waals surface area contributed by atoms with Crippen LogP contribution in [0, 0.1) is 22.7 Å². The number of Topliss-reactive ketones (excluding diaryl/α,β-unsaturated/α-hetero) is 1. The van der Waals surface area contributed by atoms with Crippen LogP contribution in [-0.2, 0) is 28.7 Å². The summed E-state index contributed by atoms with van der Waals surface area (Å²) in [6, 6.07) is 0. The van der Waals surface area contributed by atoms with Crippen molar-refractivity contribution in [2.24, 2.45) is 22.7 Å². The van der Waals surface area contributed by atoms with Gasteiger partial charge in [-0.1, -0.05) is 39.3 Å². The molecule has 0 radical (unpaired) electrons. The Morgan fingerprint density at radius 3 is 2.66 bits per heavy atom. The van der Waals surface area contributed by atoms with Crippen LogP contribution in [0.4, 0.5) is 0 Å². The summed E-state index contributed by atoms with van der Waals surface area (Å²) in [4.78, 5) is 48.0. The van der Waals surface area contributed by atoms with Gasteiger partial charge in [-0.2, -0.15) is 0 Å². The number of ketones is 2. The molecule has 174 valence electrons. The van der Waals surface area contributed by atoms with Crippen molar-refractivity contribution in [1.29, 1.82) is 0 Å². The Kier molecular flexibility index (Phi) is 5.47. The van der Waals surface area contributed by atoms with E-state index in [4.69, 9.17) is 14.6 Å². The lowest BCUT2D eigenvalue weighted by molar-refractivity contribution is -0.150. The molecule has 0 unspecified atom stereocenters. The van der Waals surface area contributed by atoms with Crippen LogP contribution >= 0.6 is 0 Å². The number of fused-ring (bicyclic) bond motifs is 2. The molecule has 1 aliphatic heterocycles. The molecule has 0 bridgehead atoms. The Labute approximate surface area is 188 Å². The standard InChI is InChI=1S/C25H32O7/c1-14-6-7-17-23(2,3)8-5-9-24(17,4)16(14)12-25-18(26)10-15(21(30)22(25)32-25)13-31-20(29)11-19(27)28/h10,16-17,22H,1,5-9,11-13H2,2-4H3,(H,27,28)/t16-,17-,22-,24+,25-/m0/s1. The van der Waals surface area contributed by atoms with Gasteiger partial charge in [-0.15, -0.1) is 0 Å². The first-order valence-electron chi connectivity index (χ1n) is 11.4. The summed E-state index contributed by atoms with van der Waals surface area (Å²) < 4.78 is 10.6. The van der Waals surface area contributed by atoms with E-state index < -0.39 is 36.7 Å². The summed E-state index contributed by atoms with van der Waals surface area (Å²) in [5.41, 5.74) is 0.292. The van der Waals surface area contributed by atoms with Crippen molar-refractivity contribution in [1.82, 2.24) is 0 Å². The number of carboxylic acid groups (broad SMARTS) is 1. The molecule has 7 nitrogen and oxygen atoms in total. The summed E-state index contributed by atoms with van der Waals surface area (Å²) >= 11 is 0. The molecule has 7 heteroatoms. The Bertz CT molecular complexity index is 929. The normalized spacial score (nSPS) is 37.8. The van der Waals surface area contributed by atoms with Gasteiger partial charge in [0.25, 0.3) is 0 Å². The molecule has 4 rings (SSSR count). The van der Waals surface area contributed by atoms with Crippen LogP contribution in [0.2, 0.25) is 0 Å². The van der Waals surface area contributed by atoms with Gasteiger partial charge in [-0.05, 0) is 60.8 Å². The highest BCUT2D eigenvalue weighted by Crippen LogP contribution is 2.64. The molecule has 0 aromatic heterocycles. The largest absolute Gasteiger partial charge is 0.481 e. The minimum atomic E-state index is -1.31. The monoisotopic (exact) mass is 444 g/mol. The number of carboxylic acids is 1. The van der Waals surface area contributed by atoms with Crippen LogP contribution in [0.15, 0.2) is 23.8 Å². The Balaban J connectivity index is 1.52. The average molecular weight is 445 g/mol. The molecule has 5 atom stereocenters. The zero-order chi connectivity index (χ0) is 23.5. The molecule has 1 N–H and O–H groups in total. The first-order chi connectivity index (χ1) is 14.9. The quantitative estimate of drug-likeness (QED) is 0.289. The molecular formula is C25H32O7. The van der Waals surface area contributed by atoms with Gasteiger partial charge in [0, 0.05) is 5.57 Å². The Morgan fingerprint density at radius 2 is 1.97 bits per heavy atom. The van der Waals surface area contributed by atoms with E-state index in [0.29, 0.717) is 12.3 Å². The highest BCUT2D eigenvalue weighted by Gasteiger charge is 2.69. The molecule has 3 fully saturated rings. The Morgan fingerprint density at radius 1 is 1.25 bits per heavy atom. The van der Waals surface area contributed by atoms with Gasteiger partial charge in [0.05, 0.1) is 0 Å². The maximum absolute atomic E-state index is 13.1. The van der Waals surface area contributed by atoms with E-state index in [0.717, 1.165) is 31.3 Å². The summed E-state index contributed by atoms with van der Waals surface area (Å²) in [5.74, 6) is -2.28. The molecule has 0 aromatic rings. The summed E-state index contributed by atoms with van der Waals surface area (Å²) in [7, 11) is 0. The number of epoxide rings is 1. The maximum atomic E-state index is 13.1. The van der Waals surface area contributed by atoms with Crippen LogP contribution in [0.25, 0.3) is 0 Å². The van der Waals surface area contributed by atoms with E-state index >= 15 is 0 Å². The van der Waals surface area contributed by atoms with E-state index in [2.05, 4.69) is 27.4 Å². The number of allylic oxidation sites excluding steroid dienone is 1. The molecule has 1 saturated heterocycles. The fraction of sp³-hybridized carbons (Fsp3) is 0.680. The molecule has 3 aliphatic carbocycles. The molecule has 0 spiro atoms. The average Bonchev–Trinajstić information content (AvgIpc) is 3.42. The topological polar surface area (TPSA) is 110 Å². The molecule has 32 heavy (non-hydrogen) atoms. The van der Waals surface area contributed by atoms with Crippen molar-refractivity contribution >= 4 is 23.5 Å². The van der Waals surface area contributed by atoms with Crippen LogP contribution in [0.5, 0.6) is 0 Å². The smallest absolute Gasteiger partial charge is 0.317 e. The second-order valence-electron chi connectivity index (χ2n) is 10.9. The van der Waals surface area contributed by atoms with Crippen LogP contribution in [-0.4, -0.2) is 46.9 Å². The van der Waals surface area contributed by atoms with Crippen LogP contribution < -0.4 is 0 Å². The maximum Gasteiger partial charge on any atom is 0.317 e. The fourth-order valence-electron chi connectivity index (χ4n) is 6.80. The van der Waals surface area contributed by atoms with E-state index in [1.165, 1.54) is 12.5 Å². The third kappa shape index (κ3) is 3.64. The molecule has 0 aromatic carbocycles. The predicted molar refractivity (Wildman–Crippen MR) is 115 cm³/mol. The minimum absolute atomic E-state index is 0.0159. The van der Waals surface area contributed by atoms with Gasteiger partial charge in [-0.3, -0.25) is 19.2 Å². The van der Waals surface area contributed by atoms with Crippen molar-refractivity contribution < 1.29 is 33.8 Å². The first-order valence-corrected chi connectivity index (χ1v) is 11.4. The van der Waals surface area contributed by atoms with Crippen molar-refractivity contribution in [2.45, 2.75) is 77.4 Å². The summed E-state index contributed by atoms with van der Waals surface area (Å²) in [6.07, 6.45) is 5.46. The third-order valence-corrected chi connectivity index (χ3v) is 8.48. The summed E-state index contributed by atoms with van der Waals surface area (Å²) in [6.45, 7) is 10.9. The Hall–Kier alpha value is -2.28. The van der Waals surface area contributed by atoms with Crippen LogP contribution in [0.1, 0.15) is 65.7 Å².